The van der Waals surface area contributed by atoms with Gasteiger partial charge in [-0.2, -0.15) is 0 Å². The SMILES string of the molecule is CC(C)=CCC[C@](C)(OC1OC(CO)C(O)C(O)C1O)[C@H]1CC[C@]2(C)C1[C@H](O)C[C@@H]1[C@@]3(C)CC[C@H](OC4OC(CO)C(O)C(O)C4OC4OC(CO)C(O)C(O)C4O)C(C)(C)[C@@H]3CC[C@]12C. The molecule has 3 saturated heterocycles. The zero-order valence-corrected chi connectivity index (χ0v) is 40.0. The first kappa shape index (κ1) is 52.8. The fourth-order valence-electron chi connectivity index (χ4n) is 14.9. The van der Waals surface area contributed by atoms with Gasteiger partial charge in [-0.3, -0.25) is 0 Å². The zero-order valence-electron chi connectivity index (χ0n) is 40.0. The summed E-state index contributed by atoms with van der Waals surface area (Å²) in [4.78, 5) is 0. The number of aliphatic hydroxyl groups is 12. The zero-order chi connectivity index (χ0) is 48.6. The Labute approximate surface area is 388 Å². The van der Waals surface area contributed by atoms with Gasteiger partial charge in [0, 0.05) is 0 Å². The Morgan fingerprint density at radius 2 is 1.14 bits per heavy atom. The molecule has 382 valence electrons. The van der Waals surface area contributed by atoms with Gasteiger partial charge >= 0.3 is 0 Å². The molecule has 0 spiro atoms. The maximum absolute atomic E-state index is 12.7. The van der Waals surface area contributed by atoms with Crippen LogP contribution in [0.1, 0.15) is 113 Å². The van der Waals surface area contributed by atoms with Gasteiger partial charge in [-0.15, -0.1) is 0 Å². The summed E-state index contributed by atoms with van der Waals surface area (Å²) in [5.74, 6) is -0.151. The Bertz CT molecular complexity index is 1680. The maximum Gasteiger partial charge on any atom is 0.187 e. The standard InChI is InChI=1S/C48H82O18/c1-22(2)10-9-14-48(8,66-42-39(60)36(57)33(54)26(20-50)62-42)23-11-16-47(7)31(23)24(52)18-29-45(5)15-13-30(44(3,4)28(45)12-17-46(29,47)6)64-43-40(37(58)34(55)27(21-51)63-43)65-41-38(59)35(56)32(53)25(19-49)61-41/h10,23-43,49-60H,9,11-21H2,1-8H3/t23-,24+,25?,26?,27?,28-,29+,30-,31?,32?,33?,34?,35?,36?,37?,38?,39?,40?,41?,42?,43?,45-,46+,47+,48-/m0/s1. The monoisotopic (exact) mass is 947 g/mol. The average molecular weight is 947 g/mol. The van der Waals surface area contributed by atoms with Crippen LogP contribution in [0.4, 0.5) is 0 Å². The van der Waals surface area contributed by atoms with Crippen molar-refractivity contribution >= 4 is 0 Å². The third kappa shape index (κ3) is 8.79. The topological polar surface area (TPSA) is 298 Å². The Morgan fingerprint density at radius 3 is 1.71 bits per heavy atom. The van der Waals surface area contributed by atoms with Crippen molar-refractivity contribution in [3.05, 3.63) is 11.6 Å². The molecule has 7 rings (SSSR count). The summed E-state index contributed by atoms with van der Waals surface area (Å²) >= 11 is 0. The molecule has 3 aliphatic heterocycles. The number of hydrogen-bond donors (Lipinski definition) is 12. The lowest BCUT2D eigenvalue weighted by Crippen LogP contribution is -2.68. The van der Waals surface area contributed by atoms with Crippen molar-refractivity contribution in [1.29, 1.82) is 0 Å². The van der Waals surface area contributed by atoms with Gasteiger partial charge in [0.25, 0.3) is 0 Å². The molecule has 0 radical (unpaired) electrons. The second-order valence-electron chi connectivity index (χ2n) is 22.9. The summed E-state index contributed by atoms with van der Waals surface area (Å²) in [7, 11) is 0. The van der Waals surface area contributed by atoms with E-state index in [1.54, 1.807) is 0 Å². The molecule has 0 aromatic heterocycles. The molecule has 18 nitrogen and oxygen atoms in total. The number of rotatable bonds is 13. The molecule has 0 bridgehead atoms. The minimum absolute atomic E-state index is 0.0905. The van der Waals surface area contributed by atoms with Crippen LogP contribution in [-0.4, -0.2) is 191 Å². The quantitative estimate of drug-likeness (QED) is 0.0853. The fourth-order valence-corrected chi connectivity index (χ4v) is 14.9. The summed E-state index contributed by atoms with van der Waals surface area (Å²) in [6, 6.07) is 0. The maximum atomic E-state index is 12.7. The molecule has 16 unspecified atom stereocenters. The van der Waals surface area contributed by atoms with Gasteiger partial charge in [-0.25, -0.2) is 0 Å². The first-order valence-corrected chi connectivity index (χ1v) is 24.4. The third-order valence-corrected chi connectivity index (χ3v) is 18.8. The summed E-state index contributed by atoms with van der Waals surface area (Å²) in [5.41, 5.74) is -1.12. The minimum Gasteiger partial charge on any atom is -0.394 e. The van der Waals surface area contributed by atoms with Crippen LogP contribution in [0.25, 0.3) is 0 Å². The molecular weight excluding hydrogens is 865 g/mol. The second-order valence-corrected chi connectivity index (χ2v) is 22.9. The van der Waals surface area contributed by atoms with Gasteiger partial charge in [-0.05, 0) is 124 Å². The van der Waals surface area contributed by atoms with Crippen LogP contribution in [0.2, 0.25) is 0 Å². The van der Waals surface area contributed by atoms with Crippen molar-refractivity contribution < 1.29 is 89.7 Å². The smallest absolute Gasteiger partial charge is 0.187 e. The van der Waals surface area contributed by atoms with Gasteiger partial charge in [0.1, 0.15) is 73.2 Å². The lowest BCUT2D eigenvalue weighted by molar-refractivity contribution is -0.378. The van der Waals surface area contributed by atoms with E-state index in [-0.39, 0.29) is 39.9 Å². The molecule has 12 N–H and O–H groups in total. The highest BCUT2D eigenvalue weighted by atomic mass is 16.8. The molecule has 18 heteroatoms. The van der Waals surface area contributed by atoms with Crippen LogP contribution in [0.5, 0.6) is 0 Å². The van der Waals surface area contributed by atoms with E-state index in [1.165, 1.54) is 0 Å². The first-order valence-electron chi connectivity index (χ1n) is 24.4. The van der Waals surface area contributed by atoms with Crippen molar-refractivity contribution in [2.24, 2.45) is 45.3 Å². The van der Waals surface area contributed by atoms with Crippen molar-refractivity contribution in [2.75, 3.05) is 19.8 Å². The number of ether oxygens (including phenoxy) is 6. The molecular formula is C48H82O18. The van der Waals surface area contributed by atoms with Crippen LogP contribution in [0.15, 0.2) is 11.6 Å². The normalized spacial score (nSPS) is 52.4. The fraction of sp³-hybridized carbons (Fsp3) is 0.958. The molecule has 4 saturated carbocycles. The van der Waals surface area contributed by atoms with Crippen molar-refractivity contribution in [1.82, 2.24) is 0 Å². The third-order valence-electron chi connectivity index (χ3n) is 18.8. The van der Waals surface area contributed by atoms with Crippen molar-refractivity contribution in [2.45, 2.75) is 223 Å². The lowest BCUT2D eigenvalue weighted by atomic mass is 9.35. The largest absolute Gasteiger partial charge is 0.394 e. The molecule has 25 atom stereocenters. The highest BCUT2D eigenvalue weighted by molar-refractivity contribution is 5.20. The van der Waals surface area contributed by atoms with E-state index in [1.807, 2.05) is 20.8 Å². The van der Waals surface area contributed by atoms with E-state index in [9.17, 15) is 61.3 Å². The average Bonchev–Trinajstić information content (AvgIpc) is 3.65. The summed E-state index contributed by atoms with van der Waals surface area (Å²) in [6.07, 6.45) is -15.4. The minimum atomic E-state index is -1.79. The Hall–Kier alpha value is -0.980. The van der Waals surface area contributed by atoms with Crippen molar-refractivity contribution in [3.8, 4) is 0 Å². The van der Waals surface area contributed by atoms with Gasteiger partial charge in [0.05, 0.1) is 37.6 Å². The Balaban J connectivity index is 1.13. The number of allylic oxidation sites excluding steroid dienone is 2. The molecule has 7 aliphatic rings. The number of fused-ring (bicyclic) bond motifs is 5. The molecule has 4 aliphatic carbocycles. The highest BCUT2D eigenvalue weighted by Crippen LogP contribution is 2.76. The second kappa shape index (κ2) is 19.6. The summed E-state index contributed by atoms with van der Waals surface area (Å²) < 4.78 is 37.2. The Kier molecular flexibility index (Phi) is 15.7. The molecule has 0 aromatic rings. The van der Waals surface area contributed by atoms with Crippen LogP contribution in [-0.2, 0) is 28.4 Å². The number of hydrogen-bond acceptors (Lipinski definition) is 18. The van der Waals surface area contributed by atoms with E-state index in [2.05, 4.69) is 40.7 Å². The van der Waals surface area contributed by atoms with Gasteiger partial charge in [0.2, 0.25) is 0 Å². The summed E-state index contributed by atoms with van der Waals surface area (Å²) in [5, 5.41) is 129. The molecule has 66 heavy (non-hydrogen) atoms. The molecule has 3 heterocycles. The van der Waals surface area contributed by atoms with Crippen molar-refractivity contribution in [3.63, 3.8) is 0 Å². The van der Waals surface area contributed by atoms with E-state index < -0.39 is 135 Å². The first-order chi connectivity index (χ1) is 30.8. The van der Waals surface area contributed by atoms with Gasteiger partial charge in [0.15, 0.2) is 18.9 Å². The van der Waals surface area contributed by atoms with Crippen LogP contribution in [0, 0.1) is 45.3 Å². The molecule has 0 amide bonds. The van der Waals surface area contributed by atoms with E-state index >= 15 is 0 Å². The predicted molar refractivity (Wildman–Crippen MR) is 234 cm³/mol. The van der Waals surface area contributed by atoms with E-state index in [4.69, 9.17) is 28.4 Å². The molecule has 7 fully saturated rings. The lowest BCUT2D eigenvalue weighted by Gasteiger charge is -2.71. The van der Waals surface area contributed by atoms with Crippen LogP contribution in [0.3, 0.4) is 0 Å². The Morgan fingerprint density at radius 1 is 0.606 bits per heavy atom. The summed E-state index contributed by atoms with van der Waals surface area (Å²) in [6.45, 7) is 15.5. The number of aliphatic hydroxyl groups excluding tert-OH is 12. The van der Waals surface area contributed by atoms with Gasteiger partial charge < -0.3 is 89.7 Å². The van der Waals surface area contributed by atoms with E-state index in [0.29, 0.717) is 25.7 Å². The molecule has 0 aromatic carbocycles. The van der Waals surface area contributed by atoms with Crippen LogP contribution >= 0.6 is 0 Å². The highest BCUT2D eigenvalue weighted by Gasteiger charge is 2.72. The van der Waals surface area contributed by atoms with Crippen LogP contribution < -0.4 is 0 Å². The predicted octanol–water partition coefficient (Wildman–Crippen LogP) is -0.0268. The van der Waals surface area contributed by atoms with E-state index in [0.717, 1.165) is 37.7 Å². The van der Waals surface area contributed by atoms with Gasteiger partial charge in [-0.1, -0.05) is 46.3 Å².